The number of hydrogen-bond donors (Lipinski definition) is 1. The summed E-state index contributed by atoms with van der Waals surface area (Å²) in [5.41, 5.74) is 3.64. The molecule has 0 saturated carbocycles. The molecule has 1 atom stereocenters. The highest BCUT2D eigenvalue weighted by Gasteiger charge is 2.34. The third kappa shape index (κ3) is 4.55. The van der Waals surface area contributed by atoms with Crippen molar-refractivity contribution >= 4 is 17.3 Å². The number of carbonyl (C=O) groups excluding carboxylic acids is 1. The molecule has 4 rings (SSSR count). The summed E-state index contributed by atoms with van der Waals surface area (Å²) < 4.78 is 0. The Morgan fingerprint density at radius 2 is 1.59 bits per heavy atom. The fourth-order valence-electron chi connectivity index (χ4n) is 5.10. The topological polar surface area (TPSA) is 47.0 Å². The van der Waals surface area contributed by atoms with Gasteiger partial charge in [0.1, 0.15) is 0 Å². The van der Waals surface area contributed by atoms with Crippen molar-refractivity contribution in [3.05, 3.63) is 59.7 Å². The van der Waals surface area contributed by atoms with Gasteiger partial charge >= 0.3 is 0 Å². The Hall–Kier alpha value is -2.37. The molecule has 2 saturated heterocycles. The zero-order valence-electron chi connectivity index (χ0n) is 19.8. The van der Waals surface area contributed by atoms with Crippen molar-refractivity contribution in [2.24, 2.45) is 5.92 Å². The highest BCUT2D eigenvalue weighted by atomic mass is 16.3. The average molecular weight is 437 g/mol. The maximum absolute atomic E-state index is 13.3. The first-order valence-electron chi connectivity index (χ1n) is 12.1. The molecule has 172 valence electrons. The minimum absolute atomic E-state index is 0.0199. The van der Waals surface area contributed by atoms with Crippen molar-refractivity contribution in [2.45, 2.75) is 45.1 Å². The molecule has 5 heteroatoms. The summed E-state index contributed by atoms with van der Waals surface area (Å²) >= 11 is 0. The third-order valence-corrected chi connectivity index (χ3v) is 7.50. The lowest BCUT2D eigenvalue weighted by molar-refractivity contribution is -0.120. The van der Waals surface area contributed by atoms with Gasteiger partial charge in [0, 0.05) is 50.0 Å². The van der Waals surface area contributed by atoms with Gasteiger partial charge < -0.3 is 19.8 Å². The van der Waals surface area contributed by atoms with Crippen molar-refractivity contribution in [1.82, 2.24) is 4.90 Å². The Morgan fingerprint density at radius 1 is 0.938 bits per heavy atom. The minimum Gasteiger partial charge on any atom is -0.385 e. The van der Waals surface area contributed by atoms with Crippen LogP contribution < -0.4 is 9.80 Å². The standard InChI is InChI=1S/C27H37N3O2/c1-4-27(32,5-2)23-10-12-24(13-11-23)30-15-14-22(26(30)31)20-21-8-6-7-9-25(21)29-18-16-28(3)17-19-29/h6-13,22,32H,4-5,14-20H2,1-3H3/i26+1. The molecule has 0 radical (unpaired) electrons. The Morgan fingerprint density at radius 3 is 2.25 bits per heavy atom. The molecular formula is C27H37N3O2. The molecule has 2 aliphatic heterocycles. The van der Waals surface area contributed by atoms with Gasteiger partial charge in [0.05, 0.1) is 5.60 Å². The first-order chi connectivity index (χ1) is 15.4. The largest absolute Gasteiger partial charge is 0.385 e. The molecule has 5 nitrogen and oxygen atoms in total. The summed E-state index contributed by atoms with van der Waals surface area (Å²) in [6.45, 7) is 8.99. The number of nitrogens with zero attached hydrogens (tertiary/aromatic N) is 3. The highest BCUT2D eigenvalue weighted by Crippen LogP contribution is 2.33. The normalized spacial score (nSPS) is 20.2. The van der Waals surface area contributed by atoms with Gasteiger partial charge in [0.2, 0.25) is 5.91 Å². The number of amides is 1. The van der Waals surface area contributed by atoms with Gasteiger partial charge in [0.15, 0.2) is 0 Å². The van der Waals surface area contributed by atoms with E-state index in [9.17, 15) is 9.90 Å². The Kier molecular flexibility index (Phi) is 6.87. The molecule has 0 aromatic heterocycles. The van der Waals surface area contributed by atoms with Gasteiger partial charge in [-0.3, -0.25) is 4.79 Å². The van der Waals surface area contributed by atoms with E-state index in [4.69, 9.17) is 0 Å². The van der Waals surface area contributed by atoms with Gasteiger partial charge in [-0.25, -0.2) is 0 Å². The summed E-state index contributed by atoms with van der Waals surface area (Å²) in [7, 11) is 2.17. The lowest BCUT2D eigenvalue weighted by Gasteiger charge is -2.35. The minimum atomic E-state index is -0.789. The van der Waals surface area contributed by atoms with E-state index in [0.29, 0.717) is 12.8 Å². The number of anilines is 2. The summed E-state index contributed by atoms with van der Waals surface area (Å²) in [5.74, 6) is 0.235. The zero-order valence-corrected chi connectivity index (χ0v) is 19.8. The quantitative estimate of drug-likeness (QED) is 0.666. The van der Waals surface area contributed by atoms with E-state index in [0.717, 1.165) is 56.8 Å². The molecule has 2 heterocycles. The maximum Gasteiger partial charge on any atom is 0.230 e. The van der Waals surface area contributed by atoms with Crippen LogP contribution in [0.2, 0.25) is 0 Å². The fraction of sp³-hybridized carbons (Fsp3) is 0.519. The van der Waals surface area contributed by atoms with E-state index in [-0.39, 0.29) is 11.8 Å². The third-order valence-electron chi connectivity index (χ3n) is 7.50. The van der Waals surface area contributed by atoms with Crippen LogP contribution in [0.1, 0.15) is 44.2 Å². The number of hydrogen-bond acceptors (Lipinski definition) is 4. The van der Waals surface area contributed by atoms with Gasteiger partial charge in [-0.05, 0) is 62.1 Å². The van der Waals surface area contributed by atoms with Crippen LogP contribution in [-0.4, -0.2) is 55.7 Å². The first-order valence-corrected chi connectivity index (χ1v) is 12.1. The maximum atomic E-state index is 13.3. The predicted octanol–water partition coefficient (Wildman–Crippen LogP) is 4.04. The number of para-hydroxylation sites is 1. The van der Waals surface area contributed by atoms with E-state index in [1.165, 1.54) is 11.3 Å². The van der Waals surface area contributed by atoms with Crippen LogP contribution in [0.3, 0.4) is 0 Å². The molecule has 0 spiro atoms. The molecule has 0 bridgehead atoms. The molecule has 2 aromatic carbocycles. The van der Waals surface area contributed by atoms with Crippen LogP contribution in [0.5, 0.6) is 0 Å². The Balaban J connectivity index is 1.46. The van der Waals surface area contributed by atoms with Crippen molar-refractivity contribution in [2.75, 3.05) is 49.6 Å². The zero-order chi connectivity index (χ0) is 22.7. The molecule has 32 heavy (non-hydrogen) atoms. The van der Waals surface area contributed by atoms with Gasteiger partial charge in [0.25, 0.3) is 0 Å². The lowest BCUT2D eigenvalue weighted by atomic mass is 9.88. The van der Waals surface area contributed by atoms with E-state index in [1.807, 2.05) is 43.0 Å². The second-order valence-electron chi connectivity index (χ2n) is 9.38. The second-order valence-corrected chi connectivity index (χ2v) is 9.38. The predicted molar refractivity (Wildman–Crippen MR) is 131 cm³/mol. The summed E-state index contributed by atoms with van der Waals surface area (Å²) in [6.07, 6.45) is 3.04. The highest BCUT2D eigenvalue weighted by molar-refractivity contribution is 5.97. The van der Waals surface area contributed by atoms with Crippen molar-refractivity contribution < 1.29 is 9.90 Å². The monoisotopic (exact) mass is 436 g/mol. The lowest BCUT2D eigenvalue weighted by Crippen LogP contribution is -2.44. The first kappa shape index (κ1) is 22.8. The van der Waals surface area contributed by atoms with Crippen LogP contribution in [0.4, 0.5) is 11.4 Å². The Labute approximate surface area is 192 Å². The number of likely N-dealkylation sites (N-methyl/N-ethyl adjacent to an activating group) is 1. The van der Waals surface area contributed by atoms with E-state index >= 15 is 0 Å². The number of aliphatic hydroxyl groups is 1. The van der Waals surface area contributed by atoms with E-state index in [2.05, 4.69) is 41.1 Å². The molecule has 1 unspecified atom stereocenters. The van der Waals surface area contributed by atoms with E-state index in [1.54, 1.807) is 0 Å². The van der Waals surface area contributed by atoms with Crippen LogP contribution in [-0.2, 0) is 16.8 Å². The smallest absolute Gasteiger partial charge is 0.230 e. The van der Waals surface area contributed by atoms with E-state index < -0.39 is 5.60 Å². The van der Waals surface area contributed by atoms with Crippen LogP contribution in [0.15, 0.2) is 48.5 Å². The summed E-state index contributed by atoms with van der Waals surface area (Å²) in [6, 6.07) is 16.5. The van der Waals surface area contributed by atoms with Crippen molar-refractivity contribution in [1.29, 1.82) is 0 Å². The number of benzene rings is 2. The molecule has 1 amide bonds. The van der Waals surface area contributed by atoms with Crippen LogP contribution >= 0.6 is 0 Å². The summed E-state index contributed by atoms with van der Waals surface area (Å²) in [4.78, 5) is 20.0. The molecule has 2 fully saturated rings. The SMILES string of the molecule is CCC(O)(CC)c1ccc(N2CCC(Cc3ccccc3N3CCN(C)CC3)[13C]2=O)cc1. The Bertz CT molecular complexity index is 915. The molecule has 1 N–H and O–H groups in total. The average Bonchev–Trinajstić information content (AvgIpc) is 3.19. The van der Waals surface area contributed by atoms with Crippen molar-refractivity contribution in [3.63, 3.8) is 0 Å². The van der Waals surface area contributed by atoms with Crippen LogP contribution in [0, 0.1) is 5.92 Å². The molecule has 0 aliphatic carbocycles. The van der Waals surface area contributed by atoms with Gasteiger partial charge in [-0.1, -0.05) is 44.2 Å². The summed E-state index contributed by atoms with van der Waals surface area (Å²) in [5, 5.41) is 10.8. The van der Waals surface area contributed by atoms with Gasteiger partial charge in [-0.15, -0.1) is 0 Å². The van der Waals surface area contributed by atoms with Gasteiger partial charge in [-0.2, -0.15) is 0 Å². The number of carbonyl (C=O) groups is 1. The number of rotatable bonds is 7. The van der Waals surface area contributed by atoms with Crippen LogP contribution in [0.25, 0.3) is 0 Å². The molecule has 2 aromatic rings. The second kappa shape index (κ2) is 9.63. The fourth-order valence-corrected chi connectivity index (χ4v) is 5.10. The number of piperazine rings is 1. The molecule has 2 aliphatic rings. The molecular weight excluding hydrogens is 399 g/mol. The van der Waals surface area contributed by atoms with Crippen molar-refractivity contribution in [3.8, 4) is 0 Å².